The summed E-state index contributed by atoms with van der Waals surface area (Å²) in [5.41, 5.74) is 2.03. The lowest BCUT2D eigenvalue weighted by Crippen LogP contribution is -2.32. The maximum atomic E-state index is 13.5. The number of aromatic nitrogens is 1. The van der Waals surface area contributed by atoms with E-state index in [9.17, 15) is 9.18 Å². The Balaban J connectivity index is 1.62. The van der Waals surface area contributed by atoms with E-state index in [1.165, 1.54) is 31.7 Å². The lowest BCUT2D eigenvalue weighted by molar-refractivity contribution is -0.132. The highest BCUT2D eigenvalue weighted by Crippen LogP contribution is 2.28. The van der Waals surface area contributed by atoms with Crippen molar-refractivity contribution in [1.29, 1.82) is 0 Å². The average Bonchev–Trinajstić information content (AvgIpc) is 3.32. The van der Waals surface area contributed by atoms with Gasteiger partial charge in [0, 0.05) is 31.4 Å². The van der Waals surface area contributed by atoms with Crippen molar-refractivity contribution in [3.05, 3.63) is 59.7 Å². The molecule has 0 N–H and O–H groups in total. The van der Waals surface area contributed by atoms with E-state index in [0.29, 0.717) is 19.5 Å². The molecule has 3 rings (SSSR count). The standard InChI is InChI=1S/C23H31FN2O/c1-2-14-26(23(27)13-12-19-7-3-4-8-19)18-22-11-6-15-25(22)17-20-9-5-10-21(24)16-20/h5-6,9-11,15-16,19H,2-4,7-8,12-14,17-18H2,1H3. The van der Waals surface area contributed by atoms with E-state index in [0.717, 1.165) is 36.6 Å². The summed E-state index contributed by atoms with van der Waals surface area (Å²) in [6.07, 6.45) is 9.89. The van der Waals surface area contributed by atoms with Crippen LogP contribution in [-0.2, 0) is 17.9 Å². The van der Waals surface area contributed by atoms with Crippen molar-refractivity contribution in [2.45, 2.75) is 65.0 Å². The topological polar surface area (TPSA) is 25.2 Å². The highest BCUT2D eigenvalue weighted by molar-refractivity contribution is 5.76. The van der Waals surface area contributed by atoms with Gasteiger partial charge in [0.2, 0.25) is 5.91 Å². The van der Waals surface area contributed by atoms with Gasteiger partial charge < -0.3 is 9.47 Å². The lowest BCUT2D eigenvalue weighted by atomic mass is 10.0. The number of carbonyl (C=O) groups excluding carboxylic acids is 1. The van der Waals surface area contributed by atoms with E-state index >= 15 is 0 Å². The molecule has 27 heavy (non-hydrogen) atoms. The van der Waals surface area contributed by atoms with Crippen molar-refractivity contribution < 1.29 is 9.18 Å². The first kappa shape index (κ1) is 19.7. The van der Waals surface area contributed by atoms with E-state index in [1.54, 1.807) is 12.1 Å². The normalized spacial score (nSPS) is 14.6. The predicted molar refractivity (Wildman–Crippen MR) is 107 cm³/mol. The fourth-order valence-corrected chi connectivity index (χ4v) is 4.12. The Morgan fingerprint density at radius 3 is 2.78 bits per heavy atom. The SMILES string of the molecule is CCCN(Cc1cccn1Cc1cccc(F)c1)C(=O)CCC1CCCC1. The van der Waals surface area contributed by atoms with Crippen molar-refractivity contribution in [1.82, 2.24) is 9.47 Å². The summed E-state index contributed by atoms with van der Waals surface area (Å²) < 4.78 is 15.6. The molecule has 0 saturated heterocycles. The average molecular weight is 371 g/mol. The summed E-state index contributed by atoms with van der Waals surface area (Å²) in [6, 6.07) is 10.8. The molecule has 146 valence electrons. The highest BCUT2D eigenvalue weighted by atomic mass is 19.1. The molecule has 0 atom stereocenters. The molecule has 1 aliphatic carbocycles. The highest BCUT2D eigenvalue weighted by Gasteiger charge is 2.19. The van der Waals surface area contributed by atoms with Crippen LogP contribution in [0.4, 0.5) is 4.39 Å². The Hall–Kier alpha value is -2.10. The Morgan fingerprint density at radius 2 is 2.04 bits per heavy atom. The molecular formula is C23H31FN2O. The van der Waals surface area contributed by atoms with Crippen LogP contribution >= 0.6 is 0 Å². The molecular weight excluding hydrogens is 339 g/mol. The fraction of sp³-hybridized carbons (Fsp3) is 0.522. The minimum atomic E-state index is -0.212. The molecule has 0 bridgehead atoms. The quantitative estimate of drug-likeness (QED) is 0.581. The molecule has 1 amide bonds. The maximum Gasteiger partial charge on any atom is 0.222 e. The molecule has 0 unspecified atom stereocenters. The number of nitrogens with zero attached hydrogens (tertiary/aromatic N) is 2. The van der Waals surface area contributed by atoms with Gasteiger partial charge in [-0.1, -0.05) is 44.7 Å². The molecule has 2 aromatic rings. The number of halogens is 1. The summed E-state index contributed by atoms with van der Waals surface area (Å²) in [7, 11) is 0. The number of carbonyl (C=O) groups is 1. The van der Waals surface area contributed by atoms with Gasteiger partial charge in [0.15, 0.2) is 0 Å². The molecule has 1 aromatic heterocycles. The van der Waals surface area contributed by atoms with Crippen LogP contribution in [0.25, 0.3) is 0 Å². The third kappa shape index (κ3) is 5.69. The van der Waals surface area contributed by atoms with E-state index in [-0.39, 0.29) is 11.7 Å². The second-order valence-electron chi connectivity index (χ2n) is 7.76. The molecule has 3 nitrogen and oxygen atoms in total. The molecule has 0 spiro atoms. The van der Waals surface area contributed by atoms with Crippen molar-refractivity contribution >= 4 is 5.91 Å². The Kier molecular flexibility index (Phi) is 7.08. The number of hydrogen-bond donors (Lipinski definition) is 0. The van der Waals surface area contributed by atoms with Crippen LogP contribution in [0.1, 0.15) is 63.1 Å². The van der Waals surface area contributed by atoms with Gasteiger partial charge in [0.1, 0.15) is 5.82 Å². The van der Waals surface area contributed by atoms with Crippen LogP contribution in [-0.4, -0.2) is 21.9 Å². The largest absolute Gasteiger partial charge is 0.345 e. The zero-order chi connectivity index (χ0) is 19.1. The maximum absolute atomic E-state index is 13.5. The molecule has 1 saturated carbocycles. The summed E-state index contributed by atoms with van der Waals surface area (Å²) in [4.78, 5) is 14.8. The molecule has 0 radical (unpaired) electrons. The first-order valence-electron chi connectivity index (χ1n) is 10.3. The Bertz CT molecular complexity index is 733. The summed E-state index contributed by atoms with van der Waals surface area (Å²) in [5, 5.41) is 0. The molecule has 4 heteroatoms. The Labute approximate surface area is 162 Å². The minimum Gasteiger partial charge on any atom is -0.345 e. The fourth-order valence-electron chi connectivity index (χ4n) is 4.12. The molecule has 1 aliphatic rings. The summed E-state index contributed by atoms with van der Waals surface area (Å²) in [6.45, 7) is 4.15. The molecule has 0 aliphatic heterocycles. The summed E-state index contributed by atoms with van der Waals surface area (Å²) in [5.74, 6) is 0.799. The number of amides is 1. The van der Waals surface area contributed by atoms with Gasteiger partial charge in [0.05, 0.1) is 6.54 Å². The van der Waals surface area contributed by atoms with E-state index < -0.39 is 0 Å². The zero-order valence-corrected chi connectivity index (χ0v) is 16.4. The van der Waals surface area contributed by atoms with Crippen molar-refractivity contribution in [3.63, 3.8) is 0 Å². The van der Waals surface area contributed by atoms with E-state index in [1.807, 2.05) is 23.2 Å². The first-order chi connectivity index (χ1) is 13.2. The summed E-state index contributed by atoms with van der Waals surface area (Å²) >= 11 is 0. The molecule has 1 heterocycles. The van der Waals surface area contributed by atoms with Crippen molar-refractivity contribution in [2.75, 3.05) is 6.54 Å². The van der Waals surface area contributed by atoms with Crippen molar-refractivity contribution in [3.8, 4) is 0 Å². The van der Waals surface area contributed by atoms with Gasteiger partial charge in [-0.05, 0) is 48.6 Å². The van der Waals surface area contributed by atoms with Crippen molar-refractivity contribution in [2.24, 2.45) is 5.92 Å². The van der Waals surface area contributed by atoms with Crippen LogP contribution in [0.15, 0.2) is 42.6 Å². The van der Waals surface area contributed by atoms with Gasteiger partial charge in [-0.2, -0.15) is 0 Å². The van der Waals surface area contributed by atoms with Crippen LogP contribution in [0.5, 0.6) is 0 Å². The van der Waals surface area contributed by atoms with E-state index in [2.05, 4.69) is 17.6 Å². The first-order valence-corrected chi connectivity index (χ1v) is 10.3. The van der Waals surface area contributed by atoms with Crippen LogP contribution < -0.4 is 0 Å². The van der Waals surface area contributed by atoms with Gasteiger partial charge in [-0.15, -0.1) is 0 Å². The van der Waals surface area contributed by atoms with Gasteiger partial charge in [0.25, 0.3) is 0 Å². The number of hydrogen-bond acceptors (Lipinski definition) is 1. The van der Waals surface area contributed by atoms with Gasteiger partial charge >= 0.3 is 0 Å². The zero-order valence-electron chi connectivity index (χ0n) is 16.4. The molecule has 1 fully saturated rings. The van der Waals surface area contributed by atoms with Gasteiger partial charge in [-0.3, -0.25) is 4.79 Å². The van der Waals surface area contributed by atoms with Crippen LogP contribution in [0, 0.1) is 11.7 Å². The van der Waals surface area contributed by atoms with Gasteiger partial charge in [-0.25, -0.2) is 4.39 Å². The number of benzene rings is 1. The third-order valence-corrected chi connectivity index (χ3v) is 5.61. The van der Waals surface area contributed by atoms with Crippen LogP contribution in [0.3, 0.4) is 0 Å². The molecule has 1 aromatic carbocycles. The van der Waals surface area contributed by atoms with E-state index in [4.69, 9.17) is 0 Å². The number of rotatable bonds is 9. The Morgan fingerprint density at radius 1 is 1.22 bits per heavy atom. The second kappa shape index (κ2) is 9.72. The monoisotopic (exact) mass is 370 g/mol. The predicted octanol–water partition coefficient (Wildman–Crippen LogP) is 5.38. The smallest absolute Gasteiger partial charge is 0.222 e. The third-order valence-electron chi connectivity index (χ3n) is 5.61. The van der Waals surface area contributed by atoms with Crippen LogP contribution in [0.2, 0.25) is 0 Å². The minimum absolute atomic E-state index is 0.212. The lowest BCUT2D eigenvalue weighted by Gasteiger charge is -2.24. The second-order valence-corrected chi connectivity index (χ2v) is 7.76.